The number of halogens is 6. The van der Waals surface area contributed by atoms with Crippen LogP contribution in [-0.4, -0.2) is 23.2 Å². The van der Waals surface area contributed by atoms with E-state index in [1.807, 2.05) is 0 Å². The van der Waals surface area contributed by atoms with E-state index in [1.54, 1.807) is 0 Å². The first kappa shape index (κ1) is 17.8. The lowest BCUT2D eigenvalue weighted by atomic mass is 9.82. The average molecular weight is 348 g/mol. The van der Waals surface area contributed by atoms with E-state index >= 15 is 4.39 Å². The summed E-state index contributed by atoms with van der Waals surface area (Å²) in [5.74, 6) is -7.15. The number of alkyl halides is 6. The summed E-state index contributed by atoms with van der Waals surface area (Å²) in [5.41, 5.74) is -6.47. The minimum absolute atomic E-state index is 0.371. The van der Waals surface area contributed by atoms with Gasteiger partial charge >= 0.3 is 18.1 Å². The van der Waals surface area contributed by atoms with Gasteiger partial charge in [0, 0.05) is 11.1 Å². The Labute approximate surface area is 132 Å². The standard InChI is InChI=1S/C16H10F6O2/c17-14(11-4-2-1-3-5-11,15(18,19)16(20,21)22)12-8-6-10(7-9-12)13(23)24/h1-9H,(H,23,24). The number of aromatic carboxylic acids is 1. The van der Waals surface area contributed by atoms with Crippen molar-refractivity contribution in [3.8, 4) is 0 Å². The Morgan fingerprint density at radius 3 is 1.62 bits per heavy atom. The van der Waals surface area contributed by atoms with Crippen molar-refractivity contribution in [2.45, 2.75) is 17.8 Å². The highest BCUT2D eigenvalue weighted by atomic mass is 19.4. The lowest BCUT2D eigenvalue weighted by Crippen LogP contribution is -2.53. The van der Waals surface area contributed by atoms with E-state index in [9.17, 15) is 26.7 Å². The molecule has 0 fully saturated rings. The second-order valence-electron chi connectivity index (χ2n) is 4.98. The van der Waals surface area contributed by atoms with Crippen LogP contribution < -0.4 is 0 Å². The number of rotatable bonds is 4. The summed E-state index contributed by atoms with van der Waals surface area (Å²) in [5, 5.41) is 8.76. The van der Waals surface area contributed by atoms with Gasteiger partial charge in [0.05, 0.1) is 5.56 Å². The topological polar surface area (TPSA) is 37.3 Å². The molecule has 0 spiro atoms. The second-order valence-corrected chi connectivity index (χ2v) is 4.98. The van der Waals surface area contributed by atoms with Gasteiger partial charge in [-0.2, -0.15) is 22.0 Å². The minimum Gasteiger partial charge on any atom is -0.478 e. The maximum Gasteiger partial charge on any atom is 0.457 e. The Balaban J connectivity index is 2.71. The number of carboxylic acid groups (broad SMARTS) is 1. The SMILES string of the molecule is O=C(O)c1ccc(C(F)(c2ccccc2)C(F)(F)C(F)(F)F)cc1. The van der Waals surface area contributed by atoms with Crippen molar-refractivity contribution in [3.63, 3.8) is 0 Å². The molecule has 2 nitrogen and oxygen atoms in total. The van der Waals surface area contributed by atoms with Crippen LogP contribution in [0.5, 0.6) is 0 Å². The molecular weight excluding hydrogens is 338 g/mol. The third-order valence-electron chi connectivity index (χ3n) is 3.49. The van der Waals surface area contributed by atoms with E-state index in [2.05, 4.69) is 0 Å². The van der Waals surface area contributed by atoms with E-state index in [0.29, 0.717) is 12.1 Å². The van der Waals surface area contributed by atoms with Crippen LogP contribution in [-0.2, 0) is 5.67 Å². The van der Waals surface area contributed by atoms with Crippen LogP contribution in [0.25, 0.3) is 0 Å². The van der Waals surface area contributed by atoms with E-state index < -0.39 is 34.9 Å². The molecule has 24 heavy (non-hydrogen) atoms. The maximum atomic E-state index is 15.2. The molecule has 0 aliphatic carbocycles. The van der Waals surface area contributed by atoms with Crippen molar-refractivity contribution in [3.05, 3.63) is 71.3 Å². The van der Waals surface area contributed by atoms with Crippen molar-refractivity contribution < 1.29 is 36.2 Å². The molecular formula is C16H10F6O2. The van der Waals surface area contributed by atoms with E-state index in [0.717, 1.165) is 36.4 Å². The molecule has 0 saturated carbocycles. The summed E-state index contributed by atoms with van der Waals surface area (Å²) in [4.78, 5) is 10.8. The van der Waals surface area contributed by atoms with Crippen molar-refractivity contribution in [1.29, 1.82) is 0 Å². The molecule has 2 aromatic carbocycles. The molecule has 0 heterocycles. The predicted octanol–water partition coefficient (Wildman–Crippen LogP) is 4.80. The van der Waals surface area contributed by atoms with Crippen molar-refractivity contribution in [2.75, 3.05) is 0 Å². The molecule has 1 unspecified atom stereocenters. The zero-order valence-corrected chi connectivity index (χ0v) is 11.8. The Kier molecular flexibility index (Phi) is 4.34. The van der Waals surface area contributed by atoms with Gasteiger partial charge in [0.25, 0.3) is 0 Å². The number of benzene rings is 2. The molecule has 0 radical (unpaired) electrons. The van der Waals surface area contributed by atoms with Gasteiger partial charge in [-0.1, -0.05) is 42.5 Å². The van der Waals surface area contributed by atoms with Crippen LogP contribution in [0.4, 0.5) is 26.3 Å². The molecule has 1 atom stereocenters. The highest BCUT2D eigenvalue weighted by molar-refractivity contribution is 5.87. The third kappa shape index (κ3) is 2.72. The molecule has 1 N–H and O–H groups in total. The zero-order valence-electron chi connectivity index (χ0n) is 11.8. The number of hydrogen-bond acceptors (Lipinski definition) is 1. The highest BCUT2D eigenvalue weighted by Crippen LogP contribution is 2.54. The van der Waals surface area contributed by atoms with Gasteiger partial charge in [0.1, 0.15) is 0 Å². The monoisotopic (exact) mass is 348 g/mol. The lowest BCUT2D eigenvalue weighted by molar-refractivity contribution is -0.323. The number of hydrogen-bond donors (Lipinski definition) is 1. The van der Waals surface area contributed by atoms with E-state index in [4.69, 9.17) is 5.11 Å². The number of carboxylic acids is 1. The molecule has 2 aromatic rings. The summed E-state index contributed by atoms with van der Waals surface area (Å²) in [6.07, 6.45) is -6.15. The Morgan fingerprint density at radius 2 is 1.21 bits per heavy atom. The normalized spacial score (nSPS) is 14.9. The molecule has 8 heteroatoms. The largest absolute Gasteiger partial charge is 0.478 e. The molecule has 0 amide bonds. The first-order valence-electron chi connectivity index (χ1n) is 6.54. The fourth-order valence-electron chi connectivity index (χ4n) is 2.23. The van der Waals surface area contributed by atoms with Gasteiger partial charge in [0.15, 0.2) is 0 Å². The molecule has 0 aliphatic rings. The van der Waals surface area contributed by atoms with Crippen LogP contribution in [0.2, 0.25) is 0 Å². The molecule has 0 aliphatic heterocycles. The predicted molar refractivity (Wildman–Crippen MR) is 72.7 cm³/mol. The van der Waals surface area contributed by atoms with Gasteiger partial charge in [0.2, 0.25) is 5.67 Å². The van der Waals surface area contributed by atoms with Gasteiger partial charge in [-0.05, 0) is 12.1 Å². The van der Waals surface area contributed by atoms with Gasteiger partial charge in [-0.15, -0.1) is 0 Å². The van der Waals surface area contributed by atoms with Crippen LogP contribution in [0.1, 0.15) is 21.5 Å². The van der Waals surface area contributed by atoms with Gasteiger partial charge in [-0.25, -0.2) is 9.18 Å². The fraction of sp³-hybridized carbons (Fsp3) is 0.188. The Hall–Kier alpha value is -2.51. The average Bonchev–Trinajstić information content (AvgIpc) is 2.53. The van der Waals surface area contributed by atoms with Crippen molar-refractivity contribution in [1.82, 2.24) is 0 Å². The van der Waals surface area contributed by atoms with Crippen LogP contribution in [0.3, 0.4) is 0 Å². The molecule has 0 saturated heterocycles. The lowest BCUT2D eigenvalue weighted by Gasteiger charge is -2.35. The zero-order chi connectivity index (χ0) is 18.2. The molecule has 0 bridgehead atoms. The minimum atomic E-state index is -6.15. The summed E-state index contributed by atoms with van der Waals surface area (Å²) < 4.78 is 81.7. The van der Waals surface area contributed by atoms with E-state index in [-0.39, 0.29) is 5.56 Å². The molecule has 0 aromatic heterocycles. The first-order chi connectivity index (χ1) is 11.0. The van der Waals surface area contributed by atoms with Gasteiger partial charge in [-0.3, -0.25) is 0 Å². The maximum absolute atomic E-state index is 15.2. The second kappa shape index (κ2) is 5.85. The van der Waals surface area contributed by atoms with Gasteiger partial charge < -0.3 is 5.11 Å². The summed E-state index contributed by atoms with van der Waals surface area (Å²) in [6.45, 7) is 0. The highest BCUT2D eigenvalue weighted by Gasteiger charge is 2.72. The smallest absolute Gasteiger partial charge is 0.457 e. The molecule has 128 valence electrons. The van der Waals surface area contributed by atoms with Crippen LogP contribution in [0, 0.1) is 0 Å². The van der Waals surface area contributed by atoms with Crippen molar-refractivity contribution >= 4 is 5.97 Å². The summed E-state index contributed by atoms with van der Waals surface area (Å²) in [7, 11) is 0. The van der Waals surface area contributed by atoms with Crippen molar-refractivity contribution in [2.24, 2.45) is 0 Å². The number of carbonyl (C=O) groups is 1. The van der Waals surface area contributed by atoms with Crippen LogP contribution >= 0.6 is 0 Å². The summed E-state index contributed by atoms with van der Waals surface area (Å²) >= 11 is 0. The fourth-order valence-corrected chi connectivity index (χ4v) is 2.23. The first-order valence-corrected chi connectivity index (χ1v) is 6.54. The summed E-state index contributed by atoms with van der Waals surface area (Å²) in [6, 6.07) is 7.96. The quantitative estimate of drug-likeness (QED) is 0.807. The molecule has 2 rings (SSSR count). The van der Waals surface area contributed by atoms with Crippen LogP contribution in [0.15, 0.2) is 54.6 Å². The third-order valence-corrected chi connectivity index (χ3v) is 3.49. The van der Waals surface area contributed by atoms with E-state index in [1.165, 1.54) is 6.07 Å². The Bertz CT molecular complexity index is 724. The Morgan fingerprint density at radius 1 is 0.750 bits per heavy atom.